The van der Waals surface area contributed by atoms with Crippen LogP contribution in [-0.2, 0) is 0 Å². The average molecular weight is 226 g/mol. The van der Waals surface area contributed by atoms with Crippen molar-refractivity contribution in [3.05, 3.63) is 0 Å². The fourth-order valence-electron chi connectivity index (χ4n) is 3.99. The van der Waals surface area contributed by atoms with Crippen LogP contribution in [0.15, 0.2) is 0 Å². The Morgan fingerprint density at radius 1 is 0.938 bits per heavy atom. The number of rotatable bonds is 1. The molecule has 94 valence electrons. The Morgan fingerprint density at radius 3 is 2.31 bits per heavy atom. The van der Waals surface area contributed by atoms with Crippen molar-refractivity contribution in [2.75, 3.05) is 6.61 Å². The van der Waals surface area contributed by atoms with Gasteiger partial charge in [-0.3, -0.25) is 0 Å². The van der Waals surface area contributed by atoms with E-state index in [9.17, 15) is 10.2 Å². The van der Waals surface area contributed by atoms with E-state index in [1.54, 1.807) is 0 Å². The second-order valence-corrected chi connectivity index (χ2v) is 5.91. The van der Waals surface area contributed by atoms with Crippen LogP contribution in [0.4, 0.5) is 0 Å². The van der Waals surface area contributed by atoms with Gasteiger partial charge in [-0.05, 0) is 49.4 Å². The summed E-state index contributed by atoms with van der Waals surface area (Å²) in [4.78, 5) is 0. The average Bonchev–Trinajstić information content (AvgIpc) is 2.32. The monoisotopic (exact) mass is 226 g/mol. The van der Waals surface area contributed by atoms with Crippen molar-refractivity contribution in [1.29, 1.82) is 0 Å². The maximum absolute atomic E-state index is 10.2. The number of aliphatic hydroxyl groups is 2. The van der Waals surface area contributed by atoms with Gasteiger partial charge in [-0.2, -0.15) is 0 Å². The minimum Gasteiger partial charge on any atom is -0.396 e. The molecule has 0 aliphatic heterocycles. The van der Waals surface area contributed by atoms with Crippen LogP contribution in [-0.4, -0.2) is 22.9 Å². The first-order valence-electron chi connectivity index (χ1n) is 7.03. The molecule has 5 atom stereocenters. The SMILES string of the molecule is CC1C2CCCCC2[C@@H](O)CCC[C@@H]1CO. The molecule has 0 aromatic heterocycles. The lowest BCUT2D eigenvalue weighted by Gasteiger charge is -2.43. The Morgan fingerprint density at radius 2 is 1.62 bits per heavy atom. The van der Waals surface area contributed by atoms with Gasteiger partial charge in [0.15, 0.2) is 0 Å². The topological polar surface area (TPSA) is 40.5 Å². The molecule has 0 heterocycles. The van der Waals surface area contributed by atoms with Gasteiger partial charge in [0.25, 0.3) is 0 Å². The second-order valence-electron chi connectivity index (χ2n) is 5.91. The van der Waals surface area contributed by atoms with Crippen LogP contribution in [0.1, 0.15) is 51.9 Å². The van der Waals surface area contributed by atoms with E-state index in [4.69, 9.17) is 0 Å². The summed E-state index contributed by atoms with van der Waals surface area (Å²) in [5, 5.41) is 19.7. The van der Waals surface area contributed by atoms with Crippen molar-refractivity contribution in [3.63, 3.8) is 0 Å². The molecule has 0 aromatic rings. The standard InChI is InChI=1S/C14H26O2/c1-10-11(9-15)5-4-8-14(16)13-7-3-2-6-12(10)13/h10-16H,2-9H2,1H3/t10?,11-,12?,13?,14+/m1/s1. The van der Waals surface area contributed by atoms with E-state index in [-0.39, 0.29) is 6.10 Å². The molecule has 0 aromatic carbocycles. The smallest absolute Gasteiger partial charge is 0.0571 e. The summed E-state index contributed by atoms with van der Waals surface area (Å²) in [7, 11) is 0. The molecule has 2 rings (SSSR count). The third-order valence-corrected chi connectivity index (χ3v) is 5.10. The van der Waals surface area contributed by atoms with Crippen LogP contribution in [0.3, 0.4) is 0 Å². The Kier molecular flexibility index (Phi) is 4.26. The van der Waals surface area contributed by atoms with Gasteiger partial charge in [-0.15, -0.1) is 0 Å². The minimum absolute atomic E-state index is 0.0765. The molecule has 2 aliphatic carbocycles. The van der Waals surface area contributed by atoms with Gasteiger partial charge in [-0.1, -0.05) is 26.2 Å². The van der Waals surface area contributed by atoms with E-state index in [0.717, 1.165) is 19.3 Å². The van der Waals surface area contributed by atoms with E-state index in [1.165, 1.54) is 25.7 Å². The van der Waals surface area contributed by atoms with Gasteiger partial charge >= 0.3 is 0 Å². The van der Waals surface area contributed by atoms with Crippen LogP contribution < -0.4 is 0 Å². The summed E-state index contributed by atoms with van der Waals surface area (Å²) in [5.74, 6) is 2.22. The van der Waals surface area contributed by atoms with Crippen LogP contribution in [0.2, 0.25) is 0 Å². The predicted molar refractivity (Wildman–Crippen MR) is 65.0 cm³/mol. The molecule has 2 N–H and O–H groups in total. The Hall–Kier alpha value is -0.0800. The first-order chi connectivity index (χ1) is 7.74. The number of hydrogen-bond acceptors (Lipinski definition) is 2. The maximum atomic E-state index is 10.2. The van der Waals surface area contributed by atoms with E-state index in [2.05, 4.69) is 6.92 Å². The molecule has 0 saturated heterocycles. The quantitative estimate of drug-likeness (QED) is 0.721. The predicted octanol–water partition coefficient (Wildman–Crippen LogP) is 2.58. The van der Waals surface area contributed by atoms with E-state index >= 15 is 0 Å². The van der Waals surface area contributed by atoms with E-state index < -0.39 is 0 Å². The van der Waals surface area contributed by atoms with Crippen LogP contribution in [0, 0.1) is 23.7 Å². The van der Waals surface area contributed by atoms with Crippen LogP contribution in [0.25, 0.3) is 0 Å². The number of hydrogen-bond donors (Lipinski definition) is 2. The third-order valence-electron chi connectivity index (χ3n) is 5.10. The molecule has 2 fully saturated rings. The fourth-order valence-corrected chi connectivity index (χ4v) is 3.99. The summed E-state index contributed by atoms with van der Waals surface area (Å²) in [5.41, 5.74) is 0. The van der Waals surface area contributed by atoms with Gasteiger partial charge < -0.3 is 10.2 Å². The molecule has 0 amide bonds. The molecule has 0 spiro atoms. The van der Waals surface area contributed by atoms with E-state index in [1.807, 2.05) is 0 Å². The first kappa shape index (κ1) is 12.4. The van der Waals surface area contributed by atoms with Crippen molar-refractivity contribution >= 4 is 0 Å². The normalized spacial score (nSPS) is 45.6. The van der Waals surface area contributed by atoms with Crippen molar-refractivity contribution < 1.29 is 10.2 Å². The highest BCUT2D eigenvalue weighted by Crippen LogP contribution is 2.43. The Balaban J connectivity index is 2.11. The molecular formula is C14H26O2. The molecule has 0 radical (unpaired) electrons. The van der Waals surface area contributed by atoms with Crippen LogP contribution in [0.5, 0.6) is 0 Å². The zero-order valence-corrected chi connectivity index (χ0v) is 10.4. The lowest BCUT2D eigenvalue weighted by Crippen LogP contribution is -2.39. The first-order valence-corrected chi connectivity index (χ1v) is 7.03. The summed E-state index contributed by atoms with van der Waals surface area (Å²) in [6.07, 6.45) is 8.12. The molecule has 2 aliphatic rings. The zero-order chi connectivity index (χ0) is 11.5. The lowest BCUT2D eigenvalue weighted by atomic mass is 9.64. The third kappa shape index (κ3) is 2.43. The minimum atomic E-state index is -0.0765. The molecule has 2 saturated carbocycles. The zero-order valence-electron chi connectivity index (χ0n) is 10.4. The highest BCUT2D eigenvalue weighted by molar-refractivity contribution is 4.88. The Bertz CT molecular complexity index is 217. The molecule has 2 nitrogen and oxygen atoms in total. The largest absolute Gasteiger partial charge is 0.396 e. The fraction of sp³-hybridized carbons (Fsp3) is 1.00. The van der Waals surface area contributed by atoms with E-state index in [0.29, 0.717) is 30.3 Å². The van der Waals surface area contributed by atoms with Crippen molar-refractivity contribution in [2.45, 2.75) is 58.0 Å². The highest BCUT2D eigenvalue weighted by Gasteiger charge is 2.38. The summed E-state index contributed by atoms with van der Waals surface area (Å²) >= 11 is 0. The lowest BCUT2D eigenvalue weighted by molar-refractivity contribution is -0.0151. The molecular weight excluding hydrogens is 200 g/mol. The molecule has 0 bridgehead atoms. The molecule has 3 unspecified atom stereocenters. The second kappa shape index (κ2) is 5.50. The van der Waals surface area contributed by atoms with Gasteiger partial charge in [0, 0.05) is 6.61 Å². The van der Waals surface area contributed by atoms with Gasteiger partial charge in [0.2, 0.25) is 0 Å². The molecule has 16 heavy (non-hydrogen) atoms. The molecule has 2 heteroatoms. The van der Waals surface area contributed by atoms with Crippen molar-refractivity contribution in [1.82, 2.24) is 0 Å². The van der Waals surface area contributed by atoms with Crippen molar-refractivity contribution in [3.8, 4) is 0 Å². The van der Waals surface area contributed by atoms with Gasteiger partial charge in [0.05, 0.1) is 6.10 Å². The van der Waals surface area contributed by atoms with Crippen LogP contribution >= 0.6 is 0 Å². The van der Waals surface area contributed by atoms with Gasteiger partial charge in [-0.25, -0.2) is 0 Å². The number of fused-ring (bicyclic) bond motifs is 1. The maximum Gasteiger partial charge on any atom is 0.0571 e. The Labute approximate surface area is 99.1 Å². The summed E-state index contributed by atoms with van der Waals surface area (Å²) in [6, 6.07) is 0. The number of aliphatic hydroxyl groups excluding tert-OH is 2. The highest BCUT2D eigenvalue weighted by atomic mass is 16.3. The summed E-state index contributed by atoms with van der Waals surface area (Å²) < 4.78 is 0. The summed E-state index contributed by atoms with van der Waals surface area (Å²) in [6.45, 7) is 2.63. The van der Waals surface area contributed by atoms with Gasteiger partial charge in [0.1, 0.15) is 0 Å². The van der Waals surface area contributed by atoms with Crippen molar-refractivity contribution in [2.24, 2.45) is 23.7 Å².